The Hall–Kier alpha value is -2.13. The van der Waals surface area contributed by atoms with Crippen molar-refractivity contribution in [1.29, 1.82) is 0 Å². The van der Waals surface area contributed by atoms with E-state index in [9.17, 15) is 9.90 Å². The lowest BCUT2D eigenvalue weighted by Crippen LogP contribution is -2.18. The van der Waals surface area contributed by atoms with Crippen molar-refractivity contribution in [2.24, 2.45) is 0 Å². The second-order valence-corrected chi connectivity index (χ2v) is 4.27. The standard InChI is InChI=1S/C15H12O3/c16-14-9-8-13(18-14)15(17)12-7-3-5-10-4-1-2-6-11(10)12/h1-9,13,15,17H/t13-,15+/m1/s1. The molecule has 2 atom stereocenters. The molecule has 1 heterocycles. The number of benzene rings is 2. The molecule has 0 saturated carbocycles. The van der Waals surface area contributed by atoms with E-state index in [4.69, 9.17) is 4.74 Å². The molecule has 1 aliphatic heterocycles. The number of carbonyl (C=O) groups excluding carboxylic acids is 1. The summed E-state index contributed by atoms with van der Waals surface area (Å²) in [6.45, 7) is 0. The number of ether oxygens (including phenoxy) is 1. The van der Waals surface area contributed by atoms with Crippen molar-refractivity contribution in [3.63, 3.8) is 0 Å². The van der Waals surface area contributed by atoms with Crippen molar-refractivity contribution in [3.8, 4) is 0 Å². The Kier molecular flexibility index (Phi) is 2.61. The summed E-state index contributed by atoms with van der Waals surface area (Å²) in [6.07, 6.45) is 1.51. The average Bonchev–Trinajstić information content (AvgIpc) is 2.84. The Morgan fingerprint density at radius 1 is 1.11 bits per heavy atom. The van der Waals surface area contributed by atoms with Gasteiger partial charge in [0.2, 0.25) is 0 Å². The largest absolute Gasteiger partial charge is 0.452 e. The molecule has 0 aliphatic carbocycles. The number of fused-ring (bicyclic) bond motifs is 1. The van der Waals surface area contributed by atoms with Crippen LogP contribution >= 0.6 is 0 Å². The number of esters is 1. The quantitative estimate of drug-likeness (QED) is 0.820. The Bertz CT molecular complexity index is 625. The van der Waals surface area contributed by atoms with E-state index in [2.05, 4.69) is 0 Å². The number of rotatable bonds is 2. The Labute approximate surface area is 104 Å². The third kappa shape index (κ3) is 1.79. The first-order chi connectivity index (χ1) is 8.75. The second-order valence-electron chi connectivity index (χ2n) is 4.27. The van der Waals surface area contributed by atoms with Crippen molar-refractivity contribution >= 4 is 16.7 Å². The molecule has 0 spiro atoms. The zero-order valence-corrected chi connectivity index (χ0v) is 9.61. The van der Waals surface area contributed by atoms with Gasteiger partial charge in [0.15, 0.2) is 6.10 Å². The first-order valence-corrected chi connectivity index (χ1v) is 5.80. The maximum atomic E-state index is 11.0. The molecule has 0 radical (unpaired) electrons. The molecular formula is C15H12O3. The number of carbonyl (C=O) groups is 1. The van der Waals surface area contributed by atoms with Gasteiger partial charge < -0.3 is 9.84 Å². The van der Waals surface area contributed by atoms with Crippen LogP contribution < -0.4 is 0 Å². The van der Waals surface area contributed by atoms with Crippen molar-refractivity contribution in [3.05, 3.63) is 60.2 Å². The molecule has 90 valence electrons. The molecule has 1 aliphatic rings. The minimum Gasteiger partial charge on any atom is -0.452 e. The minimum absolute atomic E-state index is 0.403. The number of cyclic esters (lactones) is 1. The number of hydrogen-bond donors (Lipinski definition) is 1. The van der Waals surface area contributed by atoms with Crippen LogP contribution in [0.1, 0.15) is 11.7 Å². The van der Waals surface area contributed by atoms with Gasteiger partial charge in [-0.1, -0.05) is 42.5 Å². The van der Waals surface area contributed by atoms with Gasteiger partial charge in [0.1, 0.15) is 6.10 Å². The van der Waals surface area contributed by atoms with Gasteiger partial charge in [-0.2, -0.15) is 0 Å². The van der Waals surface area contributed by atoms with Crippen LogP contribution in [0.25, 0.3) is 10.8 Å². The van der Waals surface area contributed by atoms with Crippen LogP contribution in [-0.4, -0.2) is 17.2 Å². The third-order valence-corrected chi connectivity index (χ3v) is 3.13. The highest BCUT2D eigenvalue weighted by atomic mass is 16.6. The normalized spacial score (nSPS) is 20.1. The van der Waals surface area contributed by atoms with Crippen molar-refractivity contribution < 1.29 is 14.6 Å². The van der Waals surface area contributed by atoms with Crippen LogP contribution in [0.15, 0.2) is 54.6 Å². The fraction of sp³-hybridized carbons (Fsp3) is 0.133. The van der Waals surface area contributed by atoms with E-state index in [1.54, 1.807) is 6.08 Å². The van der Waals surface area contributed by atoms with Crippen molar-refractivity contribution in [2.75, 3.05) is 0 Å². The van der Waals surface area contributed by atoms with Gasteiger partial charge in [-0.3, -0.25) is 0 Å². The molecule has 18 heavy (non-hydrogen) atoms. The van der Waals surface area contributed by atoms with Gasteiger partial charge in [-0.05, 0) is 22.4 Å². The van der Waals surface area contributed by atoms with Crippen LogP contribution in [0.4, 0.5) is 0 Å². The fourth-order valence-electron chi connectivity index (χ4n) is 2.24. The fourth-order valence-corrected chi connectivity index (χ4v) is 2.24. The Morgan fingerprint density at radius 2 is 1.89 bits per heavy atom. The topological polar surface area (TPSA) is 46.5 Å². The molecule has 2 aromatic rings. The highest BCUT2D eigenvalue weighted by Crippen LogP contribution is 2.29. The molecule has 0 bridgehead atoms. The van der Waals surface area contributed by atoms with Crippen LogP contribution in [0, 0.1) is 0 Å². The Morgan fingerprint density at radius 3 is 2.67 bits per heavy atom. The maximum Gasteiger partial charge on any atom is 0.331 e. The monoisotopic (exact) mass is 240 g/mol. The molecule has 0 aromatic heterocycles. The molecule has 3 rings (SSSR count). The van der Waals surface area contributed by atoms with E-state index in [1.165, 1.54) is 6.08 Å². The summed E-state index contributed by atoms with van der Waals surface area (Å²) in [5, 5.41) is 12.3. The summed E-state index contributed by atoms with van der Waals surface area (Å²) < 4.78 is 5.03. The molecule has 3 nitrogen and oxygen atoms in total. The van der Waals surface area contributed by atoms with Crippen LogP contribution in [-0.2, 0) is 9.53 Å². The molecule has 0 fully saturated rings. The van der Waals surface area contributed by atoms with Gasteiger partial charge in [-0.25, -0.2) is 4.79 Å². The molecule has 0 saturated heterocycles. The van der Waals surface area contributed by atoms with Gasteiger partial charge >= 0.3 is 5.97 Å². The summed E-state index contributed by atoms with van der Waals surface area (Å²) in [5.74, 6) is -0.403. The smallest absolute Gasteiger partial charge is 0.331 e. The zero-order chi connectivity index (χ0) is 12.5. The van der Waals surface area contributed by atoms with Crippen LogP contribution in [0.3, 0.4) is 0 Å². The van der Waals surface area contributed by atoms with Crippen molar-refractivity contribution in [2.45, 2.75) is 12.2 Å². The Balaban J connectivity index is 2.04. The first-order valence-electron chi connectivity index (χ1n) is 5.80. The first kappa shape index (κ1) is 11.0. The lowest BCUT2D eigenvalue weighted by molar-refractivity contribution is -0.142. The van der Waals surface area contributed by atoms with E-state index in [-0.39, 0.29) is 0 Å². The molecule has 1 N–H and O–H groups in total. The molecule has 3 heteroatoms. The summed E-state index contributed by atoms with van der Waals surface area (Å²) in [4.78, 5) is 11.0. The highest BCUT2D eigenvalue weighted by molar-refractivity contribution is 5.87. The third-order valence-electron chi connectivity index (χ3n) is 3.13. The maximum absolute atomic E-state index is 11.0. The van der Waals surface area contributed by atoms with Gasteiger partial charge in [0.05, 0.1) is 0 Å². The SMILES string of the molecule is O=C1C=C[C@H]([C@@H](O)c2cccc3ccccc23)O1. The van der Waals surface area contributed by atoms with E-state index in [0.717, 1.165) is 16.3 Å². The molecule has 0 unspecified atom stereocenters. The van der Waals surface area contributed by atoms with Crippen molar-refractivity contribution in [1.82, 2.24) is 0 Å². The molecular weight excluding hydrogens is 228 g/mol. The predicted molar refractivity (Wildman–Crippen MR) is 67.9 cm³/mol. The van der Waals surface area contributed by atoms with Gasteiger partial charge in [0.25, 0.3) is 0 Å². The van der Waals surface area contributed by atoms with E-state index in [1.807, 2.05) is 42.5 Å². The predicted octanol–water partition coefficient (Wildman–Crippen LogP) is 2.35. The number of aliphatic hydroxyl groups excluding tert-OH is 1. The zero-order valence-electron chi connectivity index (χ0n) is 9.61. The molecule has 2 aromatic carbocycles. The summed E-state index contributed by atoms with van der Waals surface area (Å²) >= 11 is 0. The highest BCUT2D eigenvalue weighted by Gasteiger charge is 2.26. The van der Waals surface area contributed by atoms with Crippen LogP contribution in [0.2, 0.25) is 0 Å². The van der Waals surface area contributed by atoms with Gasteiger partial charge in [-0.15, -0.1) is 0 Å². The van der Waals surface area contributed by atoms with E-state index < -0.39 is 18.2 Å². The average molecular weight is 240 g/mol. The van der Waals surface area contributed by atoms with E-state index in [0.29, 0.717) is 0 Å². The number of aliphatic hydroxyl groups is 1. The number of hydrogen-bond acceptors (Lipinski definition) is 3. The van der Waals surface area contributed by atoms with Crippen LogP contribution in [0.5, 0.6) is 0 Å². The summed E-state index contributed by atoms with van der Waals surface area (Å²) in [5.41, 5.74) is 0.775. The molecule has 0 amide bonds. The summed E-state index contributed by atoms with van der Waals surface area (Å²) in [6, 6.07) is 13.6. The summed E-state index contributed by atoms with van der Waals surface area (Å²) in [7, 11) is 0. The minimum atomic E-state index is -0.834. The lowest BCUT2D eigenvalue weighted by Gasteiger charge is -2.18. The lowest BCUT2D eigenvalue weighted by atomic mass is 9.97. The van der Waals surface area contributed by atoms with Gasteiger partial charge in [0, 0.05) is 6.08 Å². The second kappa shape index (κ2) is 4.27. The van der Waals surface area contributed by atoms with E-state index >= 15 is 0 Å².